The highest BCUT2D eigenvalue weighted by molar-refractivity contribution is 7.08. The van der Waals surface area contributed by atoms with Crippen molar-refractivity contribution in [3.05, 3.63) is 51.2 Å². The van der Waals surface area contributed by atoms with Crippen molar-refractivity contribution in [3.8, 4) is 0 Å². The Morgan fingerprint density at radius 2 is 2.16 bits per heavy atom. The molecule has 1 unspecified atom stereocenters. The second-order valence-corrected chi connectivity index (χ2v) is 6.07. The molecule has 0 saturated carbocycles. The van der Waals surface area contributed by atoms with Crippen LogP contribution in [-0.4, -0.2) is 13.0 Å². The molecule has 0 spiro atoms. The third kappa shape index (κ3) is 2.07. The van der Waals surface area contributed by atoms with E-state index in [4.69, 9.17) is 11.6 Å². The zero-order chi connectivity index (χ0) is 13.6. The Hall–Kier alpha value is -1.32. The quantitative estimate of drug-likeness (QED) is 0.769. The minimum absolute atomic E-state index is 0.141. The van der Waals surface area contributed by atoms with Crippen LogP contribution in [0.3, 0.4) is 0 Å². The van der Waals surface area contributed by atoms with Crippen LogP contribution in [0.4, 0.5) is 5.69 Å². The molecule has 2 aromatic rings. The van der Waals surface area contributed by atoms with Crippen LogP contribution in [0, 0.1) is 6.92 Å². The molecule has 4 heteroatoms. The van der Waals surface area contributed by atoms with E-state index in [1.807, 2.05) is 19.2 Å². The number of anilines is 1. The van der Waals surface area contributed by atoms with Gasteiger partial charge in [0.25, 0.3) is 0 Å². The monoisotopic (exact) mass is 291 g/mol. The second kappa shape index (κ2) is 4.66. The highest BCUT2D eigenvalue weighted by Crippen LogP contribution is 2.36. The number of amides is 1. The van der Waals surface area contributed by atoms with E-state index < -0.39 is 0 Å². The van der Waals surface area contributed by atoms with Crippen molar-refractivity contribution >= 4 is 34.5 Å². The number of rotatable bonds is 2. The normalized spacial score (nSPS) is 15.7. The van der Waals surface area contributed by atoms with Crippen LogP contribution >= 0.6 is 22.9 Å². The predicted octanol–water partition coefficient (Wildman–Crippen LogP) is 3.90. The summed E-state index contributed by atoms with van der Waals surface area (Å²) in [5.41, 5.74) is 5.51. The first-order chi connectivity index (χ1) is 9.08. The number of alkyl halides is 1. The van der Waals surface area contributed by atoms with Crippen LogP contribution in [0.25, 0.3) is 0 Å². The van der Waals surface area contributed by atoms with Crippen molar-refractivity contribution in [2.45, 2.75) is 18.7 Å². The summed E-state index contributed by atoms with van der Waals surface area (Å²) in [6.45, 7) is 2.08. The van der Waals surface area contributed by atoms with E-state index in [0.29, 0.717) is 6.42 Å². The predicted molar refractivity (Wildman–Crippen MR) is 80.3 cm³/mol. The van der Waals surface area contributed by atoms with E-state index in [2.05, 4.69) is 23.8 Å². The molecule has 0 saturated heterocycles. The fraction of sp³-hybridized carbons (Fsp3) is 0.267. The van der Waals surface area contributed by atoms with Gasteiger partial charge in [-0.3, -0.25) is 4.79 Å². The highest BCUT2D eigenvalue weighted by Gasteiger charge is 2.25. The highest BCUT2D eigenvalue weighted by atomic mass is 35.5. The molecular weight excluding hydrogens is 278 g/mol. The molecule has 1 amide bonds. The molecule has 3 rings (SSSR count). The van der Waals surface area contributed by atoms with Crippen molar-refractivity contribution < 1.29 is 4.79 Å². The van der Waals surface area contributed by atoms with Crippen LogP contribution in [0.1, 0.15) is 27.6 Å². The summed E-state index contributed by atoms with van der Waals surface area (Å²) in [7, 11) is 1.81. The van der Waals surface area contributed by atoms with Gasteiger partial charge in [-0.25, -0.2) is 0 Å². The molecule has 1 aromatic carbocycles. The number of fused-ring (bicyclic) bond motifs is 1. The molecular formula is C15H14ClNOS. The van der Waals surface area contributed by atoms with Crippen molar-refractivity contribution in [2.75, 3.05) is 11.9 Å². The Bertz CT molecular complexity index is 649. The van der Waals surface area contributed by atoms with E-state index in [1.54, 1.807) is 16.2 Å². The summed E-state index contributed by atoms with van der Waals surface area (Å²) in [5.74, 6) is 0.144. The SMILES string of the molecule is Cc1cscc1C(Cl)c1ccc2c(c1)CC(=O)N2C. The lowest BCUT2D eigenvalue weighted by Gasteiger charge is -2.13. The largest absolute Gasteiger partial charge is 0.315 e. The van der Waals surface area contributed by atoms with Gasteiger partial charge in [0.2, 0.25) is 5.91 Å². The molecule has 0 aliphatic carbocycles. The molecule has 1 aliphatic rings. The zero-order valence-corrected chi connectivity index (χ0v) is 12.4. The smallest absolute Gasteiger partial charge is 0.231 e. The van der Waals surface area contributed by atoms with Gasteiger partial charge in [0.1, 0.15) is 0 Å². The standard InChI is InChI=1S/C15H14ClNOS/c1-9-7-19-8-12(9)15(16)10-3-4-13-11(5-10)6-14(18)17(13)2/h3-5,7-8,15H,6H2,1-2H3. The number of benzene rings is 1. The Morgan fingerprint density at radius 3 is 2.84 bits per heavy atom. The summed E-state index contributed by atoms with van der Waals surface area (Å²) in [4.78, 5) is 13.4. The maximum absolute atomic E-state index is 11.7. The Labute approximate surface area is 121 Å². The number of thiophene rings is 1. The zero-order valence-electron chi connectivity index (χ0n) is 10.8. The lowest BCUT2D eigenvalue weighted by molar-refractivity contribution is -0.117. The van der Waals surface area contributed by atoms with E-state index in [1.165, 1.54) is 5.56 Å². The Morgan fingerprint density at radius 1 is 1.37 bits per heavy atom. The first-order valence-corrected chi connectivity index (χ1v) is 7.52. The van der Waals surface area contributed by atoms with Crippen molar-refractivity contribution in [2.24, 2.45) is 0 Å². The minimum atomic E-state index is -0.141. The average Bonchev–Trinajstić information content (AvgIpc) is 2.93. The molecule has 1 aromatic heterocycles. The molecule has 98 valence electrons. The number of carbonyl (C=O) groups excluding carboxylic acids is 1. The third-order valence-corrected chi connectivity index (χ3v) is 5.01. The number of nitrogens with zero attached hydrogens (tertiary/aromatic N) is 1. The lowest BCUT2D eigenvalue weighted by atomic mass is 10.0. The fourth-order valence-electron chi connectivity index (χ4n) is 2.46. The summed E-state index contributed by atoms with van der Waals surface area (Å²) in [6, 6.07) is 6.07. The van der Waals surface area contributed by atoms with Crippen LogP contribution in [0.5, 0.6) is 0 Å². The molecule has 19 heavy (non-hydrogen) atoms. The number of aryl methyl sites for hydroxylation is 1. The molecule has 0 radical (unpaired) electrons. The number of carbonyl (C=O) groups is 1. The van der Waals surface area contributed by atoms with Crippen LogP contribution in [-0.2, 0) is 11.2 Å². The van der Waals surface area contributed by atoms with Gasteiger partial charge in [-0.1, -0.05) is 12.1 Å². The van der Waals surface area contributed by atoms with Gasteiger partial charge in [-0.2, -0.15) is 11.3 Å². The van der Waals surface area contributed by atoms with Gasteiger partial charge in [0.05, 0.1) is 11.8 Å². The van der Waals surface area contributed by atoms with E-state index in [-0.39, 0.29) is 11.3 Å². The minimum Gasteiger partial charge on any atom is -0.315 e. The van der Waals surface area contributed by atoms with Crippen LogP contribution < -0.4 is 4.90 Å². The number of likely N-dealkylation sites (N-methyl/N-ethyl adjacent to an activating group) is 1. The first kappa shape index (κ1) is 12.7. The van der Waals surface area contributed by atoms with Crippen molar-refractivity contribution in [1.82, 2.24) is 0 Å². The maximum Gasteiger partial charge on any atom is 0.231 e. The van der Waals surface area contributed by atoms with Gasteiger partial charge in [0, 0.05) is 12.7 Å². The van der Waals surface area contributed by atoms with Crippen LogP contribution in [0.15, 0.2) is 29.0 Å². The van der Waals surface area contributed by atoms with E-state index >= 15 is 0 Å². The third-order valence-electron chi connectivity index (χ3n) is 3.64. The fourth-order valence-corrected chi connectivity index (χ4v) is 3.78. The van der Waals surface area contributed by atoms with Crippen LogP contribution in [0.2, 0.25) is 0 Å². The van der Waals surface area contributed by atoms with Gasteiger partial charge in [-0.15, -0.1) is 11.6 Å². The molecule has 0 bridgehead atoms. The Kier molecular flexibility index (Phi) is 3.11. The first-order valence-electron chi connectivity index (χ1n) is 6.14. The summed E-state index contributed by atoms with van der Waals surface area (Å²) in [5, 5.41) is 4.06. The summed E-state index contributed by atoms with van der Waals surface area (Å²) in [6.07, 6.45) is 0.478. The summed E-state index contributed by atoms with van der Waals surface area (Å²) >= 11 is 8.23. The second-order valence-electron chi connectivity index (χ2n) is 4.89. The number of halogens is 1. The van der Waals surface area contributed by atoms with Gasteiger partial charge >= 0.3 is 0 Å². The average molecular weight is 292 g/mol. The number of hydrogen-bond donors (Lipinski definition) is 0. The maximum atomic E-state index is 11.7. The molecule has 1 aliphatic heterocycles. The Balaban J connectivity index is 1.98. The van der Waals surface area contributed by atoms with Gasteiger partial charge in [-0.05, 0) is 46.0 Å². The molecule has 2 nitrogen and oxygen atoms in total. The summed E-state index contributed by atoms with van der Waals surface area (Å²) < 4.78 is 0. The van der Waals surface area contributed by atoms with E-state index in [0.717, 1.165) is 22.4 Å². The molecule has 1 atom stereocenters. The topological polar surface area (TPSA) is 20.3 Å². The molecule has 0 N–H and O–H groups in total. The van der Waals surface area contributed by atoms with Crippen molar-refractivity contribution in [1.29, 1.82) is 0 Å². The molecule has 0 fully saturated rings. The molecule has 2 heterocycles. The van der Waals surface area contributed by atoms with Gasteiger partial charge in [0.15, 0.2) is 0 Å². The van der Waals surface area contributed by atoms with Gasteiger partial charge < -0.3 is 4.90 Å². The van der Waals surface area contributed by atoms with Crippen molar-refractivity contribution in [3.63, 3.8) is 0 Å². The lowest BCUT2D eigenvalue weighted by Crippen LogP contribution is -2.20. The number of hydrogen-bond acceptors (Lipinski definition) is 2. The van der Waals surface area contributed by atoms with E-state index in [9.17, 15) is 4.79 Å².